The van der Waals surface area contributed by atoms with Gasteiger partial charge in [-0.05, 0) is 44.4 Å². The molecule has 18 heavy (non-hydrogen) atoms. The molecule has 1 saturated heterocycles. The lowest BCUT2D eigenvalue weighted by atomic mass is 9.98. The molecule has 1 atom stereocenters. The summed E-state index contributed by atoms with van der Waals surface area (Å²) in [5, 5.41) is 9.98. The minimum Gasteiger partial charge on any atom is -0.496 e. The molecule has 3 nitrogen and oxygen atoms in total. The molecule has 0 bridgehead atoms. The van der Waals surface area contributed by atoms with Crippen LogP contribution in [0.2, 0.25) is 0 Å². The Morgan fingerprint density at radius 1 is 1.44 bits per heavy atom. The van der Waals surface area contributed by atoms with Crippen molar-refractivity contribution in [2.45, 2.75) is 45.4 Å². The van der Waals surface area contributed by atoms with Crippen LogP contribution < -0.4 is 4.74 Å². The zero-order valence-corrected chi connectivity index (χ0v) is 11.7. The van der Waals surface area contributed by atoms with E-state index < -0.39 is 0 Å². The molecule has 0 spiro atoms. The first-order valence-corrected chi connectivity index (χ1v) is 6.52. The molecule has 2 rings (SSSR count). The summed E-state index contributed by atoms with van der Waals surface area (Å²) in [6.07, 6.45) is 0.638. The minimum absolute atomic E-state index is 0.131. The van der Waals surface area contributed by atoms with Gasteiger partial charge in [0, 0.05) is 18.6 Å². The average Bonchev–Trinajstić information content (AvgIpc) is 2.56. The minimum atomic E-state index is -0.225. The number of rotatable bonds is 3. The molecule has 1 aromatic carbocycles. The second kappa shape index (κ2) is 4.90. The predicted molar refractivity (Wildman–Crippen MR) is 72.8 cm³/mol. The third-order valence-electron chi connectivity index (χ3n) is 4.14. The first-order chi connectivity index (χ1) is 8.45. The van der Waals surface area contributed by atoms with E-state index in [-0.39, 0.29) is 11.6 Å². The summed E-state index contributed by atoms with van der Waals surface area (Å²) in [5.41, 5.74) is 2.30. The smallest absolute Gasteiger partial charge is 0.121 e. The van der Waals surface area contributed by atoms with Crippen molar-refractivity contribution in [2.24, 2.45) is 0 Å². The lowest BCUT2D eigenvalue weighted by molar-refractivity contribution is 0.0506. The van der Waals surface area contributed by atoms with E-state index in [9.17, 15) is 5.11 Å². The van der Waals surface area contributed by atoms with Gasteiger partial charge in [0.15, 0.2) is 0 Å². The van der Waals surface area contributed by atoms with Crippen molar-refractivity contribution >= 4 is 0 Å². The highest BCUT2D eigenvalue weighted by atomic mass is 16.5. The lowest BCUT2D eigenvalue weighted by Gasteiger charge is -2.33. The molecule has 1 fully saturated rings. The number of aryl methyl sites for hydroxylation is 1. The predicted octanol–water partition coefficient (Wildman–Crippen LogP) is 2.35. The van der Waals surface area contributed by atoms with Gasteiger partial charge in [0.05, 0.1) is 13.2 Å². The Hall–Kier alpha value is -1.06. The van der Waals surface area contributed by atoms with Crippen LogP contribution in [0, 0.1) is 6.92 Å². The molecular formula is C15H23NO2. The maximum Gasteiger partial charge on any atom is 0.121 e. The molecule has 1 aliphatic heterocycles. The molecule has 1 aromatic rings. The second-order valence-corrected chi connectivity index (χ2v) is 5.68. The summed E-state index contributed by atoms with van der Waals surface area (Å²) in [6, 6.07) is 6.29. The molecular weight excluding hydrogens is 226 g/mol. The van der Waals surface area contributed by atoms with Crippen molar-refractivity contribution in [2.75, 3.05) is 13.7 Å². The van der Waals surface area contributed by atoms with Crippen LogP contribution in [0.3, 0.4) is 0 Å². The first kappa shape index (κ1) is 13.4. The van der Waals surface area contributed by atoms with Crippen molar-refractivity contribution in [3.8, 4) is 5.75 Å². The largest absolute Gasteiger partial charge is 0.496 e. The van der Waals surface area contributed by atoms with E-state index in [2.05, 4.69) is 37.8 Å². The summed E-state index contributed by atoms with van der Waals surface area (Å²) in [7, 11) is 1.70. The Bertz CT molecular complexity index is 429. The van der Waals surface area contributed by atoms with Crippen LogP contribution in [0.15, 0.2) is 18.2 Å². The number of hydrogen-bond donors (Lipinski definition) is 1. The van der Waals surface area contributed by atoms with Gasteiger partial charge in [-0.25, -0.2) is 0 Å². The van der Waals surface area contributed by atoms with Gasteiger partial charge in [-0.15, -0.1) is 0 Å². The Morgan fingerprint density at radius 2 is 2.17 bits per heavy atom. The Morgan fingerprint density at radius 3 is 2.67 bits per heavy atom. The highest BCUT2D eigenvalue weighted by Gasteiger charge is 2.39. The van der Waals surface area contributed by atoms with Crippen molar-refractivity contribution in [3.63, 3.8) is 0 Å². The van der Waals surface area contributed by atoms with Crippen LogP contribution in [-0.2, 0) is 6.54 Å². The van der Waals surface area contributed by atoms with Gasteiger partial charge in [0.1, 0.15) is 5.75 Å². The normalized spacial score (nSPS) is 23.3. The van der Waals surface area contributed by atoms with Crippen LogP contribution in [0.4, 0.5) is 0 Å². The number of likely N-dealkylation sites (tertiary alicyclic amines) is 1. The number of methoxy groups -OCH3 is 1. The molecule has 1 aliphatic rings. The Balaban J connectivity index is 2.13. The van der Waals surface area contributed by atoms with Crippen LogP contribution in [-0.4, -0.2) is 35.3 Å². The van der Waals surface area contributed by atoms with Gasteiger partial charge in [0.2, 0.25) is 0 Å². The highest BCUT2D eigenvalue weighted by molar-refractivity contribution is 5.36. The maximum absolute atomic E-state index is 9.98. The monoisotopic (exact) mass is 249 g/mol. The zero-order valence-electron chi connectivity index (χ0n) is 11.7. The van der Waals surface area contributed by atoms with E-state index in [1.54, 1.807) is 7.11 Å². The average molecular weight is 249 g/mol. The third-order valence-corrected chi connectivity index (χ3v) is 4.14. The number of benzene rings is 1. The highest BCUT2D eigenvalue weighted by Crippen LogP contribution is 2.31. The van der Waals surface area contributed by atoms with Gasteiger partial charge < -0.3 is 9.84 Å². The summed E-state index contributed by atoms with van der Waals surface area (Å²) < 4.78 is 5.27. The number of aliphatic hydroxyl groups is 1. The molecule has 0 aromatic heterocycles. The second-order valence-electron chi connectivity index (χ2n) is 5.68. The van der Waals surface area contributed by atoms with Gasteiger partial charge >= 0.3 is 0 Å². The molecule has 1 heterocycles. The number of aliphatic hydroxyl groups excluding tert-OH is 1. The summed E-state index contributed by atoms with van der Waals surface area (Å²) in [5.74, 6) is 0.930. The fourth-order valence-corrected chi connectivity index (χ4v) is 2.67. The summed E-state index contributed by atoms with van der Waals surface area (Å²) >= 11 is 0. The third kappa shape index (κ3) is 2.38. The van der Waals surface area contributed by atoms with E-state index in [4.69, 9.17) is 4.74 Å². The number of nitrogens with zero attached hydrogens (tertiary/aromatic N) is 1. The Labute approximate surface area is 109 Å². The fourth-order valence-electron chi connectivity index (χ4n) is 2.67. The molecule has 1 unspecified atom stereocenters. The van der Waals surface area contributed by atoms with Crippen molar-refractivity contribution in [1.29, 1.82) is 0 Å². The van der Waals surface area contributed by atoms with Crippen LogP contribution in [0.5, 0.6) is 5.75 Å². The van der Waals surface area contributed by atoms with Crippen molar-refractivity contribution in [1.82, 2.24) is 4.90 Å². The molecule has 0 amide bonds. The topological polar surface area (TPSA) is 32.7 Å². The Kier molecular flexibility index (Phi) is 3.64. The van der Waals surface area contributed by atoms with Crippen molar-refractivity contribution < 1.29 is 9.84 Å². The fraction of sp³-hybridized carbons (Fsp3) is 0.600. The number of hydrogen-bond acceptors (Lipinski definition) is 3. The van der Waals surface area contributed by atoms with E-state index in [1.807, 2.05) is 6.07 Å². The van der Waals surface area contributed by atoms with Crippen LogP contribution in [0.25, 0.3) is 0 Å². The van der Waals surface area contributed by atoms with Crippen LogP contribution >= 0.6 is 0 Å². The lowest BCUT2D eigenvalue weighted by Crippen LogP contribution is -2.44. The maximum atomic E-state index is 9.98. The van der Waals surface area contributed by atoms with Gasteiger partial charge in [-0.2, -0.15) is 0 Å². The standard InChI is InChI=1S/C15H23NO2/c1-11-9-12(5-6-13(11)18-4)10-16-8-7-14(17)15(16,2)3/h5-6,9,14,17H,7-8,10H2,1-4H3. The van der Waals surface area contributed by atoms with Crippen molar-refractivity contribution in [3.05, 3.63) is 29.3 Å². The summed E-state index contributed by atoms with van der Waals surface area (Å²) in [4.78, 5) is 2.35. The first-order valence-electron chi connectivity index (χ1n) is 6.52. The quantitative estimate of drug-likeness (QED) is 0.892. The van der Waals surface area contributed by atoms with E-state index in [0.29, 0.717) is 0 Å². The van der Waals surface area contributed by atoms with Gasteiger partial charge in [-0.3, -0.25) is 4.90 Å². The van der Waals surface area contributed by atoms with E-state index in [1.165, 1.54) is 5.56 Å². The number of ether oxygens (including phenoxy) is 1. The molecule has 0 saturated carbocycles. The SMILES string of the molecule is COc1ccc(CN2CCC(O)C2(C)C)cc1C. The molecule has 0 aliphatic carbocycles. The molecule has 0 radical (unpaired) electrons. The molecule has 100 valence electrons. The van der Waals surface area contributed by atoms with E-state index >= 15 is 0 Å². The van der Waals surface area contributed by atoms with Gasteiger partial charge in [-0.1, -0.05) is 12.1 Å². The zero-order chi connectivity index (χ0) is 13.3. The summed E-state index contributed by atoms with van der Waals surface area (Å²) in [6.45, 7) is 8.13. The van der Waals surface area contributed by atoms with E-state index in [0.717, 1.165) is 30.8 Å². The van der Waals surface area contributed by atoms with Gasteiger partial charge in [0.25, 0.3) is 0 Å². The molecule has 3 heteroatoms. The molecule has 1 N–H and O–H groups in total. The van der Waals surface area contributed by atoms with Crippen LogP contribution in [0.1, 0.15) is 31.4 Å².